The van der Waals surface area contributed by atoms with Crippen molar-refractivity contribution in [2.45, 2.75) is 26.7 Å². The number of anilines is 5. The van der Waals surface area contributed by atoms with Crippen molar-refractivity contribution in [1.82, 2.24) is 9.13 Å². The Bertz CT molecular complexity index is 3920. The van der Waals surface area contributed by atoms with Crippen LogP contribution in [0.5, 0.6) is 0 Å². The maximum atomic E-state index is 7.20. The topological polar surface area (TPSA) is 29.5 Å². The van der Waals surface area contributed by atoms with Crippen LogP contribution in [0.1, 0.15) is 37.1 Å². The fourth-order valence-electron chi connectivity index (χ4n) is 10.4. The van der Waals surface area contributed by atoms with Crippen molar-refractivity contribution in [1.29, 1.82) is 0 Å². The summed E-state index contributed by atoms with van der Waals surface area (Å²) >= 11 is 0. The Morgan fingerprint density at radius 1 is 0.534 bits per heavy atom. The van der Waals surface area contributed by atoms with Gasteiger partial charge in [-0.3, -0.25) is 0 Å². The number of hydrogen-bond acceptors (Lipinski definition) is 3. The lowest BCUT2D eigenvalue weighted by atomic mass is 9.91. The van der Waals surface area contributed by atoms with Crippen molar-refractivity contribution in [3.63, 3.8) is 0 Å². The maximum Gasteiger partial charge on any atom is 0.160 e. The molecule has 0 fully saturated rings. The molecule has 12 rings (SSSR count). The SMILES string of the molecule is C=C/C=C\C=C/n1c2c(c3ccccc31)C=C(c1ccc(-n3c(=C/C=C)/c(=C\N(c4ccccc4)c4ccccc4)c4ccc5c6ccc(N(c7ccccc7)c7ccccc7)cc6oc5c43)cc1)CC2.CC. The lowest BCUT2D eigenvalue weighted by Crippen LogP contribution is -2.30. The number of furan rings is 1. The molecule has 5 heteroatoms. The lowest BCUT2D eigenvalue weighted by Gasteiger charge is -2.25. The Morgan fingerprint density at radius 2 is 1.14 bits per heavy atom. The minimum absolute atomic E-state index is 0.814. The normalized spacial score (nSPS) is 12.9. The van der Waals surface area contributed by atoms with E-state index in [0.717, 1.165) is 90.4 Å². The van der Waals surface area contributed by atoms with Crippen molar-refractivity contribution in [2.75, 3.05) is 9.80 Å². The number of benzene rings is 8. The van der Waals surface area contributed by atoms with Crippen LogP contribution < -0.4 is 20.4 Å². The van der Waals surface area contributed by atoms with E-state index >= 15 is 0 Å². The third-order valence-corrected chi connectivity index (χ3v) is 13.6. The van der Waals surface area contributed by atoms with Crippen molar-refractivity contribution in [3.05, 3.63) is 271 Å². The molecule has 8 aromatic carbocycles. The Morgan fingerprint density at radius 3 is 1.78 bits per heavy atom. The monoisotopic (exact) mass is 944 g/mol. The number of fused-ring (bicyclic) bond motifs is 8. The summed E-state index contributed by atoms with van der Waals surface area (Å²) in [6.07, 6.45) is 20.6. The van der Waals surface area contributed by atoms with Crippen LogP contribution in [0.25, 0.3) is 79.6 Å². The van der Waals surface area contributed by atoms with E-state index in [1.54, 1.807) is 6.08 Å². The zero-order chi connectivity index (χ0) is 49.7. The van der Waals surface area contributed by atoms with E-state index < -0.39 is 0 Å². The highest BCUT2D eigenvalue weighted by molar-refractivity contribution is 6.15. The van der Waals surface area contributed by atoms with Gasteiger partial charge in [-0.05, 0) is 127 Å². The van der Waals surface area contributed by atoms with Gasteiger partial charge in [-0.2, -0.15) is 0 Å². The summed E-state index contributed by atoms with van der Waals surface area (Å²) in [5.74, 6) is 0. The largest absolute Gasteiger partial charge is 0.454 e. The fourth-order valence-corrected chi connectivity index (χ4v) is 10.4. The first-order valence-corrected chi connectivity index (χ1v) is 25.2. The molecule has 73 heavy (non-hydrogen) atoms. The van der Waals surface area contributed by atoms with Crippen LogP contribution in [-0.2, 0) is 6.42 Å². The Kier molecular flexibility index (Phi) is 13.0. The molecular formula is C68H56N4O. The van der Waals surface area contributed by atoms with Gasteiger partial charge in [0.25, 0.3) is 0 Å². The van der Waals surface area contributed by atoms with Gasteiger partial charge in [-0.15, -0.1) is 0 Å². The minimum Gasteiger partial charge on any atom is -0.454 e. The first-order chi connectivity index (χ1) is 36.2. The Balaban J connectivity index is 0.00000284. The van der Waals surface area contributed by atoms with Crippen LogP contribution in [-0.4, -0.2) is 9.13 Å². The van der Waals surface area contributed by atoms with Crippen LogP contribution in [0.3, 0.4) is 0 Å². The van der Waals surface area contributed by atoms with Crippen LogP contribution >= 0.6 is 0 Å². The van der Waals surface area contributed by atoms with Crippen LogP contribution in [0.15, 0.2) is 248 Å². The summed E-state index contributed by atoms with van der Waals surface area (Å²) in [6.45, 7) is 12.1. The molecule has 0 unspecified atom stereocenters. The molecule has 5 nitrogen and oxygen atoms in total. The second-order valence-corrected chi connectivity index (χ2v) is 17.8. The molecular weight excluding hydrogens is 889 g/mol. The van der Waals surface area contributed by atoms with E-state index in [0.29, 0.717) is 0 Å². The number of aromatic nitrogens is 2. The second-order valence-electron chi connectivity index (χ2n) is 17.8. The molecule has 0 aliphatic heterocycles. The van der Waals surface area contributed by atoms with Crippen LogP contribution in [0, 0.1) is 0 Å². The predicted molar refractivity (Wildman–Crippen MR) is 313 cm³/mol. The summed E-state index contributed by atoms with van der Waals surface area (Å²) in [7, 11) is 0. The molecule has 3 aromatic heterocycles. The van der Waals surface area contributed by atoms with E-state index in [1.807, 2.05) is 32.1 Å². The van der Waals surface area contributed by atoms with Gasteiger partial charge in [-0.1, -0.05) is 161 Å². The Hall–Kier alpha value is -9.32. The van der Waals surface area contributed by atoms with Crippen molar-refractivity contribution in [2.24, 2.45) is 0 Å². The van der Waals surface area contributed by atoms with Gasteiger partial charge in [0.05, 0.1) is 16.4 Å². The average Bonchev–Trinajstić information content (AvgIpc) is 4.10. The van der Waals surface area contributed by atoms with Crippen molar-refractivity contribution >= 4 is 102 Å². The van der Waals surface area contributed by atoms with Crippen molar-refractivity contribution < 1.29 is 4.42 Å². The third-order valence-electron chi connectivity index (χ3n) is 13.6. The van der Waals surface area contributed by atoms with Crippen molar-refractivity contribution in [3.8, 4) is 5.69 Å². The van der Waals surface area contributed by atoms with Gasteiger partial charge >= 0.3 is 0 Å². The lowest BCUT2D eigenvalue weighted by molar-refractivity contribution is 0.671. The molecule has 1 aliphatic carbocycles. The molecule has 0 bridgehead atoms. The standard InChI is InChI=1S/C66H50N4O.C2H6/c1-3-5-6-21-43-67-61-32-20-19-31-55(61)59-44-48(35-42-62(59)67)47-33-36-53(37-34-47)70-63(22-4-2)60(46-68(49-23-11-7-12-24-49)50-25-13-8-14-26-50)57-40-41-58-56-39-38-54(45-64(56)71-66(58)65(57)70)69(51-27-15-9-16-28-51)52-29-17-10-18-30-52;1-2/h3-34,36-41,43-46H,1-2,35,42H2;1-2H3/b6-5-,43-21-,60-46-,63-22+;. The number of allylic oxidation sites excluding steroid dienone is 6. The van der Waals surface area contributed by atoms with Crippen LogP contribution in [0.4, 0.5) is 28.4 Å². The highest BCUT2D eigenvalue weighted by Crippen LogP contribution is 2.41. The van der Waals surface area contributed by atoms with Crippen LogP contribution in [0.2, 0.25) is 0 Å². The highest BCUT2D eigenvalue weighted by atomic mass is 16.3. The van der Waals surface area contributed by atoms with Gasteiger partial charge in [0, 0.05) is 90.6 Å². The molecule has 354 valence electrons. The quantitative estimate of drug-likeness (QED) is 0.114. The first kappa shape index (κ1) is 46.1. The first-order valence-electron chi connectivity index (χ1n) is 25.2. The summed E-state index contributed by atoms with van der Waals surface area (Å²) in [6, 6.07) is 71.0. The maximum absolute atomic E-state index is 7.20. The number of nitrogens with zero attached hydrogens (tertiary/aromatic N) is 4. The zero-order valence-electron chi connectivity index (χ0n) is 41.3. The molecule has 0 saturated carbocycles. The minimum atomic E-state index is 0.814. The predicted octanol–water partition coefficient (Wildman–Crippen LogP) is 17.2. The van der Waals surface area contributed by atoms with Gasteiger partial charge < -0.3 is 23.4 Å². The molecule has 1 aliphatic rings. The molecule has 11 aromatic rings. The molecule has 0 radical (unpaired) electrons. The summed E-state index contributed by atoms with van der Waals surface area (Å²) in [5, 5.41) is 6.47. The van der Waals surface area contributed by atoms with Gasteiger partial charge in [0.15, 0.2) is 5.58 Å². The molecule has 0 saturated heterocycles. The number of hydrogen-bond donors (Lipinski definition) is 0. The van der Waals surface area contributed by atoms with Gasteiger partial charge in [0.2, 0.25) is 0 Å². The summed E-state index contributed by atoms with van der Waals surface area (Å²) < 4.78 is 11.9. The fraction of sp³-hybridized carbons (Fsp3) is 0.0588. The zero-order valence-corrected chi connectivity index (χ0v) is 41.3. The molecule has 0 N–H and O–H groups in total. The van der Waals surface area contributed by atoms with E-state index in [2.05, 4.69) is 263 Å². The molecule has 0 amide bonds. The van der Waals surface area contributed by atoms with Gasteiger partial charge in [0.1, 0.15) is 5.58 Å². The smallest absolute Gasteiger partial charge is 0.160 e. The van der Waals surface area contributed by atoms with Gasteiger partial charge in [-0.25, -0.2) is 0 Å². The Labute approximate surface area is 427 Å². The molecule has 0 atom stereocenters. The van der Waals surface area contributed by atoms with E-state index in [4.69, 9.17) is 4.42 Å². The third kappa shape index (κ3) is 8.61. The average molecular weight is 945 g/mol. The highest BCUT2D eigenvalue weighted by Gasteiger charge is 2.23. The molecule has 0 spiro atoms. The number of para-hydroxylation sites is 5. The van der Waals surface area contributed by atoms with E-state index in [9.17, 15) is 0 Å². The van der Waals surface area contributed by atoms with E-state index in [1.165, 1.54) is 33.3 Å². The number of rotatable bonds is 12. The second kappa shape index (κ2) is 20.6. The summed E-state index contributed by atoms with van der Waals surface area (Å²) in [4.78, 5) is 4.55. The summed E-state index contributed by atoms with van der Waals surface area (Å²) in [5.41, 5.74) is 15.3. The van der Waals surface area contributed by atoms with E-state index in [-0.39, 0.29) is 0 Å². The molecule has 3 heterocycles.